The highest BCUT2D eigenvalue weighted by molar-refractivity contribution is 9.08. The molecule has 1 amide bonds. The topological polar surface area (TPSA) is 56.0 Å². The molecule has 0 saturated heterocycles. The van der Waals surface area contributed by atoms with Crippen LogP contribution in [0.25, 0.3) is 22.4 Å². The molecule has 5 heteroatoms. The first-order valence-corrected chi connectivity index (χ1v) is 8.80. The largest absolute Gasteiger partial charge is 0.366 e. The molecular weight excluding hydrogens is 388 g/mol. The van der Waals surface area contributed by atoms with Crippen molar-refractivity contribution in [2.75, 3.05) is 0 Å². The maximum absolute atomic E-state index is 11.8. The third kappa shape index (κ3) is 3.35. The van der Waals surface area contributed by atoms with Gasteiger partial charge in [-0.05, 0) is 53.1 Å². The van der Waals surface area contributed by atoms with Gasteiger partial charge in [-0.3, -0.25) is 9.78 Å². The van der Waals surface area contributed by atoms with Crippen LogP contribution in [-0.4, -0.2) is 10.9 Å². The summed E-state index contributed by atoms with van der Waals surface area (Å²) in [7, 11) is 0. The molecule has 0 saturated carbocycles. The lowest BCUT2D eigenvalue weighted by atomic mass is 9.95. The molecule has 120 valence electrons. The minimum atomic E-state index is -0.458. The lowest BCUT2D eigenvalue weighted by Crippen LogP contribution is -2.12. The minimum absolute atomic E-state index is 0.458. The molecule has 3 nitrogen and oxygen atoms in total. The zero-order valence-electron chi connectivity index (χ0n) is 12.7. The van der Waals surface area contributed by atoms with Gasteiger partial charge in [0.15, 0.2) is 0 Å². The van der Waals surface area contributed by atoms with Gasteiger partial charge in [-0.2, -0.15) is 0 Å². The summed E-state index contributed by atoms with van der Waals surface area (Å²) < 4.78 is 0. The van der Waals surface area contributed by atoms with Crippen LogP contribution in [0.3, 0.4) is 0 Å². The van der Waals surface area contributed by atoms with Gasteiger partial charge in [0.2, 0.25) is 5.91 Å². The number of carbonyl (C=O) groups is 1. The number of halogens is 2. The minimum Gasteiger partial charge on any atom is -0.366 e. The number of hydrogen-bond acceptors (Lipinski definition) is 2. The maximum Gasteiger partial charge on any atom is 0.249 e. The molecule has 2 N–H and O–H groups in total. The molecule has 1 aromatic heterocycles. The van der Waals surface area contributed by atoms with Gasteiger partial charge in [-0.25, -0.2) is 0 Å². The fraction of sp³-hybridized carbons (Fsp3) is 0.0526. The zero-order valence-corrected chi connectivity index (χ0v) is 15.0. The fourth-order valence-electron chi connectivity index (χ4n) is 2.54. The predicted molar refractivity (Wildman–Crippen MR) is 101 cm³/mol. The summed E-state index contributed by atoms with van der Waals surface area (Å²) in [6.07, 6.45) is 1.72. The molecule has 0 spiro atoms. The second kappa shape index (κ2) is 7.16. The van der Waals surface area contributed by atoms with Crippen LogP contribution in [-0.2, 0) is 5.33 Å². The Bertz CT molecular complexity index is 897. The Balaban J connectivity index is 2.19. The Labute approximate surface area is 153 Å². The van der Waals surface area contributed by atoms with Gasteiger partial charge in [0.05, 0.1) is 5.69 Å². The summed E-state index contributed by atoms with van der Waals surface area (Å²) in [5.41, 5.74) is 10.3. The van der Waals surface area contributed by atoms with Crippen molar-refractivity contribution in [1.82, 2.24) is 4.98 Å². The molecule has 1 heterocycles. The van der Waals surface area contributed by atoms with E-state index in [9.17, 15) is 4.79 Å². The number of nitrogens with two attached hydrogens (primary N) is 1. The van der Waals surface area contributed by atoms with Crippen LogP contribution in [0.4, 0.5) is 0 Å². The molecular formula is C19H14BrClN2O. The standard InChI is InChI=1S/C19H14BrClN2O/c20-11-12-4-6-14(19(22)24)15(9-12)13-5-7-17(21)16(10-13)18-3-1-2-8-23-18/h1-10H,11H2,(H2,22,24). The molecule has 3 rings (SSSR count). The van der Waals surface area contributed by atoms with E-state index in [1.807, 2.05) is 48.5 Å². The van der Waals surface area contributed by atoms with Gasteiger partial charge < -0.3 is 5.73 Å². The Morgan fingerprint density at radius 2 is 1.92 bits per heavy atom. The van der Waals surface area contributed by atoms with E-state index in [0.29, 0.717) is 15.9 Å². The molecule has 0 unspecified atom stereocenters. The number of rotatable bonds is 4. The van der Waals surface area contributed by atoms with Gasteiger partial charge in [0.25, 0.3) is 0 Å². The van der Waals surface area contributed by atoms with Crippen molar-refractivity contribution in [1.29, 1.82) is 0 Å². The van der Waals surface area contributed by atoms with Crippen LogP contribution < -0.4 is 5.73 Å². The summed E-state index contributed by atoms with van der Waals surface area (Å²) in [4.78, 5) is 16.1. The van der Waals surface area contributed by atoms with E-state index in [1.54, 1.807) is 12.3 Å². The molecule has 0 aliphatic carbocycles. The first-order valence-electron chi connectivity index (χ1n) is 7.30. The van der Waals surface area contributed by atoms with Gasteiger partial charge >= 0.3 is 0 Å². The predicted octanol–water partition coefficient (Wildman–Crippen LogP) is 5.06. The van der Waals surface area contributed by atoms with Crippen molar-refractivity contribution in [3.8, 4) is 22.4 Å². The van der Waals surface area contributed by atoms with Crippen molar-refractivity contribution < 1.29 is 4.79 Å². The first kappa shape index (κ1) is 16.7. The fourth-order valence-corrected chi connectivity index (χ4v) is 3.10. The molecule has 0 aliphatic rings. The number of hydrogen-bond donors (Lipinski definition) is 1. The van der Waals surface area contributed by atoms with Gasteiger partial charge in [0, 0.05) is 27.7 Å². The van der Waals surface area contributed by atoms with Crippen LogP contribution in [0.15, 0.2) is 60.8 Å². The van der Waals surface area contributed by atoms with Crippen molar-refractivity contribution >= 4 is 33.4 Å². The highest BCUT2D eigenvalue weighted by Crippen LogP contribution is 2.33. The zero-order chi connectivity index (χ0) is 17.1. The monoisotopic (exact) mass is 400 g/mol. The Hall–Kier alpha value is -2.17. The molecule has 24 heavy (non-hydrogen) atoms. The van der Waals surface area contributed by atoms with Crippen LogP contribution in [0.2, 0.25) is 5.02 Å². The van der Waals surface area contributed by atoms with E-state index in [-0.39, 0.29) is 0 Å². The SMILES string of the molecule is NC(=O)c1ccc(CBr)cc1-c1ccc(Cl)c(-c2ccccn2)c1. The summed E-state index contributed by atoms with van der Waals surface area (Å²) in [6.45, 7) is 0. The number of carbonyl (C=O) groups excluding carboxylic acids is 1. The van der Waals surface area contributed by atoms with Crippen molar-refractivity contribution in [3.05, 3.63) is 76.9 Å². The smallest absolute Gasteiger partial charge is 0.249 e. The number of alkyl halides is 1. The lowest BCUT2D eigenvalue weighted by molar-refractivity contribution is 0.100. The number of amides is 1. The van der Waals surface area contributed by atoms with E-state index in [1.165, 1.54) is 0 Å². The van der Waals surface area contributed by atoms with E-state index in [4.69, 9.17) is 17.3 Å². The quantitative estimate of drug-likeness (QED) is 0.621. The number of benzene rings is 2. The van der Waals surface area contributed by atoms with Gasteiger partial charge in [-0.15, -0.1) is 0 Å². The molecule has 0 radical (unpaired) electrons. The summed E-state index contributed by atoms with van der Waals surface area (Å²) in [5.74, 6) is -0.458. The molecule has 2 aromatic carbocycles. The van der Waals surface area contributed by atoms with Crippen molar-refractivity contribution in [2.24, 2.45) is 5.73 Å². The summed E-state index contributed by atoms with van der Waals surface area (Å²) >= 11 is 9.78. The van der Waals surface area contributed by atoms with Crippen LogP contribution in [0.5, 0.6) is 0 Å². The van der Waals surface area contributed by atoms with Crippen LogP contribution in [0, 0.1) is 0 Å². The molecule has 0 fully saturated rings. The van der Waals surface area contributed by atoms with Crippen molar-refractivity contribution in [3.63, 3.8) is 0 Å². The average molecular weight is 402 g/mol. The van der Waals surface area contributed by atoms with E-state index < -0.39 is 5.91 Å². The summed E-state index contributed by atoms with van der Waals surface area (Å²) in [5, 5.41) is 1.30. The van der Waals surface area contributed by atoms with E-state index in [2.05, 4.69) is 20.9 Å². The molecule has 3 aromatic rings. The summed E-state index contributed by atoms with van der Waals surface area (Å²) in [6, 6.07) is 16.9. The normalized spacial score (nSPS) is 10.6. The number of primary amides is 1. The van der Waals surface area contributed by atoms with Gasteiger partial charge in [0.1, 0.15) is 0 Å². The second-order valence-corrected chi connectivity index (χ2v) is 6.26. The molecule has 0 atom stereocenters. The Morgan fingerprint density at radius 3 is 2.58 bits per heavy atom. The third-order valence-electron chi connectivity index (χ3n) is 3.72. The molecule has 0 bridgehead atoms. The highest BCUT2D eigenvalue weighted by atomic mass is 79.9. The van der Waals surface area contributed by atoms with Gasteiger partial charge in [-0.1, -0.05) is 45.7 Å². The van der Waals surface area contributed by atoms with Crippen molar-refractivity contribution in [2.45, 2.75) is 5.33 Å². The van der Waals surface area contributed by atoms with Crippen LogP contribution >= 0.6 is 27.5 Å². The third-order valence-corrected chi connectivity index (χ3v) is 4.70. The lowest BCUT2D eigenvalue weighted by Gasteiger charge is -2.12. The Kier molecular flexibility index (Phi) is 4.97. The average Bonchev–Trinajstić information content (AvgIpc) is 2.62. The van der Waals surface area contributed by atoms with Crippen LogP contribution in [0.1, 0.15) is 15.9 Å². The second-order valence-electron chi connectivity index (χ2n) is 5.29. The number of pyridine rings is 1. The number of nitrogens with zero attached hydrogens (tertiary/aromatic N) is 1. The van der Waals surface area contributed by atoms with E-state index in [0.717, 1.165) is 27.9 Å². The maximum atomic E-state index is 11.8. The highest BCUT2D eigenvalue weighted by Gasteiger charge is 2.13. The first-order chi connectivity index (χ1) is 11.6. The Morgan fingerprint density at radius 1 is 1.08 bits per heavy atom. The van der Waals surface area contributed by atoms with E-state index >= 15 is 0 Å². The number of aromatic nitrogens is 1. The molecule has 0 aliphatic heterocycles.